The molecule has 3 aliphatic rings. The number of fused-ring (bicyclic) bond motifs is 7. The van der Waals surface area contributed by atoms with Crippen LogP contribution in [0.3, 0.4) is 0 Å². The summed E-state index contributed by atoms with van der Waals surface area (Å²) in [5.74, 6) is 3.16. The lowest BCUT2D eigenvalue weighted by molar-refractivity contribution is 0.0998. The molecule has 0 amide bonds. The predicted octanol–water partition coefficient (Wildman–Crippen LogP) is 6.75. The summed E-state index contributed by atoms with van der Waals surface area (Å²) in [7, 11) is -1.83. The Bertz CT molecular complexity index is 1110. The fourth-order valence-corrected chi connectivity index (χ4v) is 7.88. The number of benzene rings is 1. The molecule has 0 spiro atoms. The summed E-state index contributed by atoms with van der Waals surface area (Å²) in [4.78, 5) is 0. The zero-order valence-electron chi connectivity index (χ0n) is 21.2. The second kappa shape index (κ2) is 7.73. The molecule has 3 unspecified atom stereocenters. The van der Waals surface area contributed by atoms with Crippen LogP contribution in [0.5, 0.6) is 5.75 Å². The largest absolute Gasteiger partial charge is 0.543 e. The smallest absolute Gasteiger partial charge is 0.250 e. The first-order chi connectivity index (χ1) is 15.5. The van der Waals surface area contributed by atoms with Crippen molar-refractivity contribution in [1.29, 1.82) is 5.26 Å². The molecular weight excluding hydrogens is 422 g/mol. The Labute approximate surface area is 200 Å². The average Bonchev–Trinajstić information content (AvgIpc) is 3.28. The Kier molecular flexibility index (Phi) is 5.32. The van der Waals surface area contributed by atoms with Gasteiger partial charge in [0.25, 0.3) is 0 Å². The summed E-state index contributed by atoms with van der Waals surface area (Å²) in [6.07, 6.45) is 8.68. The molecule has 5 heteroatoms. The van der Waals surface area contributed by atoms with Gasteiger partial charge in [-0.2, -0.15) is 10.4 Å². The van der Waals surface area contributed by atoms with E-state index in [-0.39, 0.29) is 10.5 Å². The highest BCUT2D eigenvalue weighted by atomic mass is 28.4. The molecule has 33 heavy (non-hydrogen) atoms. The molecule has 0 N–H and O–H groups in total. The van der Waals surface area contributed by atoms with Crippen LogP contribution >= 0.6 is 0 Å². The minimum atomic E-state index is -1.83. The molecular formula is C28H39N3OSi. The average molecular weight is 462 g/mol. The van der Waals surface area contributed by atoms with Crippen LogP contribution in [0.2, 0.25) is 18.1 Å². The van der Waals surface area contributed by atoms with Crippen molar-refractivity contribution in [2.75, 3.05) is 0 Å². The maximum Gasteiger partial charge on any atom is 0.250 e. The summed E-state index contributed by atoms with van der Waals surface area (Å²) in [6.45, 7) is 14.8. The van der Waals surface area contributed by atoms with E-state index in [4.69, 9.17) is 9.69 Å². The lowest BCUT2D eigenvalue weighted by atomic mass is 9.55. The van der Waals surface area contributed by atoms with E-state index in [1.807, 2.05) is 0 Å². The van der Waals surface area contributed by atoms with Gasteiger partial charge in [-0.25, -0.2) is 0 Å². The van der Waals surface area contributed by atoms with Crippen LogP contribution in [0.15, 0.2) is 24.4 Å². The zero-order chi connectivity index (χ0) is 23.6. The van der Waals surface area contributed by atoms with Gasteiger partial charge < -0.3 is 4.43 Å². The Hall–Kier alpha value is -2.06. The van der Waals surface area contributed by atoms with E-state index in [9.17, 15) is 0 Å². The Morgan fingerprint density at radius 3 is 2.76 bits per heavy atom. The highest BCUT2D eigenvalue weighted by Crippen LogP contribution is 2.60. The van der Waals surface area contributed by atoms with Gasteiger partial charge >= 0.3 is 0 Å². The van der Waals surface area contributed by atoms with Crippen molar-refractivity contribution in [1.82, 2.24) is 9.78 Å². The molecule has 5 rings (SSSR count). The highest BCUT2D eigenvalue weighted by Gasteiger charge is 2.54. The van der Waals surface area contributed by atoms with E-state index in [0.717, 1.165) is 31.1 Å². The van der Waals surface area contributed by atoms with Gasteiger partial charge in [-0.1, -0.05) is 33.8 Å². The lowest BCUT2D eigenvalue weighted by Gasteiger charge is -2.49. The highest BCUT2D eigenvalue weighted by molar-refractivity contribution is 6.74. The summed E-state index contributed by atoms with van der Waals surface area (Å²) in [6, 6.07) is 9.31. The molecule has 0 saturated heterocycles. The van der Waals surface area contributed by atoms with Gasteiger partial charge in [0.05, 0.1) is 25.2 Å². The Morgan fingerprint density at radius 1 is 1.24 bits per heavy atom. The number of aromatic nitrogens is 2. The van der Waals surface area contributed by atoms with Crippen LogP contribution in [0, 0.1) is 23.2 Å². The van der Waals surface area contributed by atoms with Crippen molar-refractivity contribution in [2.24, 2.45) is 11.8 Å². The van der Waals surface area contributed by atoms with Crippen molar-refractivity contribution in [2.45, 2.75) is 102 Å². The third-order valence-electron chi connectivity index (χ3n) is 9.60. The zero-order valence-corrected chi connectivity index (χ0v) is 22.2. The molecule has 0 aliphatic heterocycles. The third kappa shape index (κ3) is 3.57. The molecule has 4 atom stereocenters. The first-order valence-corrected chi connectivity index (χ1v) is 15.7. The maximum absolute atomic E-state index is 9.08. The number of aryl methyl sites for hydroxylation is 2. The summed E-state index contributed by atoms with van der Waals surface area (Å²) in [5.41, 5.74) is 6.17. The van der Waals surface area contributed by atoms with Crippen LogP contribution in [-0.4, -0.2) is 18.1 Å². The van der Waals surface area contributed by atoms with E-state index in [1.165, 1.54) is 36.1 Å². The van der Waals surface area contributed by atoms with Crippen molar-refractivity contribution in [3.05, 3.63) is 46.8 Å². The number of nitriles is 1. The fourth-order valence-electron chi connectivity index (χ4n) is 6.86. The minimum Gasteiger partial charge on any atom is -0.543 e. The van der Waals surface area contributed by atoms with Crippen molar-refractivity contribution in [3.63, 3.8) is 0 Å². The number of hydrogen-bond donors (Lipinski definition) is 0. The molecule has 176 valence electrons. The van der Waals surface area contributed by atoms with E-state index >= 15 is 0 Å². The maximum atomic E-state index is 9.08. The van der Waals surface area contributed by atoms with Crippen molar-refractivity contribution in [3.8, 4) is 11.8 Å². The van der Waals surface area contributed by atoms with Gasteiger partial charge in [-0.05, 0) is 96.8 Å². The van der Waals surface area contributed by atoms with E-state index < -0.39 is 8.32 Å². The van der Waals surface area contributed by atoms with Gasteiger partial charge in [0.15, 0.2) is 0 Å². The van der Waals surface area contributed by atoms with Crippen molar-refractivity contribution < 1.29 is 4.43 Å². The quantitative estimate of drug-likeness (QED) is 0.473. The monoisotopic (exact) mass is 461 g/mol. The van der Waals surface area contributed by atoms with E-state index in [1.54, 1.807) is 5.56 Å². The van der Waals surface area contributed by atoms with Crippen LogP contribution in [0.1, 0.15) is 81.7 Å². The second-order valence-electron chi connectivity index (χ2n) is 12.4. The molecule has 1 aromatic carbocycles. The second-order valence-corrected chi connectivity index (χ2v) is 17.2. The van der Waals surface area contributed by atoms with E-state index in [2.05, 4.69) is 81.0 Å². The third-order valence-corrected chi connectivity index (χ3v) is 14.0. The van der Waals surface area contributed by atoms with Crippen LogP contribution in [0.25, 0.3) is 0 Å². The standard InChI is InChI=1S/C28H39N3OSi/c1-27(2,3)33(5,6)32-21-9-11-22-19(16-21)8-10-24-23(22)12-13-28(4)25(24)17-20-18-30-31(26(20)28)15-7-14-29/h9,11,16,18,23-25H,7-8,10,12-13,15,17H2,1-6H3/t23?,24?,25?,28-/m0/s1. The SMILES string of the molecule is CC(C)(C)[Si](C)(C)Oc1ccc2c(c1)CCC1C2CC[C@]2(C)c3c(cnn3CCC#N)CC12. The molecule has 1 saturated carbocycles. The van der Waals surface area contributed by atoms with Gasteiger partial charge in [0.2, 0.25) is 8.32 Å². The summed E-state index contributed by atoms with van der Waals surface area (Å²) >= 11 is 0. The topological polar surface area (TPSA) is 50.8 Å². The van der Waals surface area contributed by atoms with Gasteiger partial charge in [-0.3, -0.25) is 4.68 Å². The molecule has 1 heterocycles. The van der Waals surface area contributed by atoms with Gasteiger partial charge in [-0.15, -0.1) is 0 Å². The molecule has 3 aliphatic carbocycles. The van der Waals surface area contributed by atoms with Crippen molar-refractivity contribution >= 4 is 8.32 Å². The summed E-state index contributed by atoms with van der Waals surface area (Å²) < 4.78 is 8.79. The van der Waals surface area contributed by atoms with Crippen LogP contribution in [0.4, 0.5) is 0 Å². The fraction of sp³-hybridized carbons (Fsp3) is 0.643. The molecule has 0 bridgehead atoms. The number of rotatable bonds is 4. The first kappa shape index (κ1) is 22.7. The molecule has 0 radical (unpaired) electrons. The normalized spacial score (nSPS) is 28.3. The van der Waals surface area contributed by atoms with Gasteiger partial charge in [0, 0.05) is 11.1 Å². The van der Waals surface area contributed by atoms with E-state index in [0.29, 0.717) is 18.3 Å². The molecule has 2 aromatic rings. The lowest BCUT2D eigenvalue weighted by Crippen LogP contribution is -2.44. The minimum absolute atomic E-state index is 0.200. The molecule has 1 fully saturated rings. The number of hydrogen-bond acceptors (Lipinski definition) is 3. The Morgan fingerprint density at radius 2 is 2.03 bits per heavy atom. The summed E-state index contributed by atoms with van der Waals surface area (Å²) in [5, 5.41) is 14.0. The molecule has 1 aromatic heterocycles. The first-order valence-electron chi connectivity index (χ1n) is 12.8. The van der Waals surface area contributed by atoms with Crippen LogP contribution in [-0.2, 0) is 24.8 Å². The predicted molar refractivity (Wildman–Crippen MR) is 135 cm³/mol. The van der Waals surface area contributed by atoms with Gasteiger partial charge in [0.1, 0.15) is 5.75 Å². The van der Waals surface area contributed by atoms with Crippen LogP contribution < -0.4 is 4.43 Å². The number of nitrogens with zero attached hydrogens (tertiary/aromatic N) is 3. The Balaban J connectivity index is 1.40. The molecule has 4 nitrogen and oxygen atoms in total.